The molecule has 0 spiro atoms. The molecular weight excluding hydrogens is 200 g/mol. The number of aromatic nitrogens is 1. The molecule has 84 valence electrons. The van der Waals surface area contributed by atoms with Gasteiger partial charge in [-0.05, 0) is 36.6 Å². The molecule has 1 aromatic rings. The summed E-state index contributed by atoms with van der Waals surface area (Å²) in [5.74, 6) is 0.729. The number of hydrogen-bond donors (Lipinski definition) is 1. The molecule has 0 bridgehead atoms. The molecule has 1 amide bonds. The highest BCUT2D eigenvalue weighted by molar-refractivity contribution is 5.92. The minimum absolute atomic E-state index is 0.205. The van der Waals surface area contributed by atoms with Crippen molar-refractivity contribution >= 4 is 5.91 Å². The van der Waals surface area contributed by atoms with Crippen LogP contribution >= 0.6 is 0 Å². The van der Waals surface area contributed by atoms with Crippen LogP contribution in [0, 0.1) is 5.92 Å². The zero-order valence-electron chi connectivity index (χ0n) is 9.28. The van der Waals surface area contributed by atoms with Crippen LogP contribution in [0.3, 0.4) is 0 Å². The van der Waals surface area contributed by atoms with Crippen LogP contribution in [0.1, 0.15) is 35.3 Å². The molecular formula is C13H16N2O. The SMILES string of the molecule is C=CNC(=O)c1ccc(CCC2CC2)cn1. The van der Waals surface area contributed by atoms with Gasteiger partial charge in [0.1, 0.15) is 5.69 Å². The molecule has 1 fully saturated rings. The van der Waals surface area contributed by atoms with E-state index in [1.807, 2.05) is 6.07 Å². The smallest absolute Gasteiger partial charge is 0.273 e. The number of nitrogens with one attached hydrogen (secondary N) is 1. The van der Waals surface area contributed by atoms with Gasteiger partial charge in [-0.3, -0.25) is 9.78 Å². The van der Waals surface area contributed by atoms with Gasteiger partial charge in [0.05, 0.1) is 0 Å². The first-order valence-corrected chi connectivity index (χ1v) is 5.66. The summed E-state index contributed by atoms with van der Waals surface area (Å²) < 4.78 is 0. The number of amides is 1. The summed E-state index contributed by atoms with van der Waals surface area (Å²) in [7, 11) is 0. The molecule has 2 rings (SSSR count). The molecule has 0 saturated heterocycles. The second kappa shape index (κ2) is 4.92. The number of carbonyl (C=O) groups excluding carboxylic acids is 1. The fraction of sp³-hybridized carbons (Fsp3) is 0.385. The standard InChI is InChI=1S/C13H16N2O/c1-2-14-13(16)12-8-7-11(9-15-12)6-5-10-3-4-10/h2,7-10H,1,3-6H2,(H,14,16). The van der Waals surface area contributed by atoms with Gasteiger partial charge in [-0.15, -0.1) is 0 Å². The van der Waals surface area contributed by atoms with E-state index in [2.05, 4.69) is 16.9 Å². The zero-order chi connectivity index (χ0) is 11.4. The molecule has 0 unspecified atom stereocenters. The van der Waals surface area contributed by atoms with Gasteiger partial charge in [-0.25, -0.2) is 0 Å². The number of carbonyl (C=O) groups is 1. The highest BCUT2D eigenvalue weighted by atomic mass is 16.1. The third-order valence-electron chi connectivity index (χ3n) is 2.83. The van der Waals surface area contributed by atoms with Crippen LogP contribution in [0.4, 0.5) is 0 Å². The Morgan fingerprint density at radius 1 is 1.56 bits per heavy atom. The van der Waals surface area contributed by atoms with Crippen molar-refractivity contribution in [1.29, 1.82) is 0 Å². The number of aryl methyl sites for hydroxylation is 1. The minimum atomic E-state index is -0.205. The molecule has 0 aromatic carbocycles. The molecule has 0 radical (unpaired) electrons. The summed E-state index contributed by atoms with van der Waals surface area (Å²) in [6.45, 7) is 3.44. The van der Waals surface area contributed by atoms with Crippen LogP contribution in [-0.2, 0) is 6.42 Å². The molecule has 1 aromatic heterocycles. The van der Waals surface area contributed by atoms with E-state index in [0.29, 0.717) is 5.69 Å². The third-order valence-corrected chi connectivity index (χ3v) is 2.83. The Kier molecular flexibility index (Phi) is 3.34. The number of nitrogens with zero attached hydrogens (tertiary/aromatic N) is 1. The highest BCUT2D eigenvalue weighted by Crippen LogP contribution is 2.33. The van der Waals surface area contributed by atoms with Crippen molar-refractivity contribution in [1.82, 2.24) is 10.3 Å². The Bertz CT molecular complexity index is 379. The maximum atomic E-state index is 11.4. The summed E-state index contributed by atoms with van der Waals surface area (Å²) in [5, 5.41) is 2.50. The summed E-state index contributed by atoms with van der Waals surface area (Å²) in [6, 6.07) is 3.74. The maximum Gasteiger partial charge on any atom is 0.273 e. The Morgan fingerprint density at radius 2 is 2.38 bits per heavy atom. The Morgan fingerprint density at radius 3 is 2.94 bits per heavy atom. The van der Waals surface area contributed by atoms with Crippen molar-refractivity contribution in [3.8, 4) is 0 Å². The molecule has 16 heavy (non-hydrogen) atoms. The number of rotatable bonds is 5. The van der Waals surface area contributed by atoms with E-state index in [4.69, 9.17) is 0 Å². The summed E-state index contributed by atoms with van der Waals surface area (Å²) >= 11 is 0. The van der Waals surface area contributed by atoms with Gasteiger partial charge in [0.15, 0.2) is 0 Å². The fourth-order valence-electron chi connectivity index (χ4n) is 1.65. The first kappa shape index (κ1) is 10.9. The second-order valence-electron chi connectivity index (χ2n) is 4.21. The van der Waals surface area contributed by atoms with Gasteiger partial charge in [0, 0.05) is 6.20 Å². The van der Waals surface area contributed by atoms with E-state index in [1.165, 1.54) is 31.0 Å². The Hall–Kier alpha value is -1.64. The Balaban J connectivity index is 1.92. The van der Waals surface area contributed by atoms with Crippen LogP contribution in [0.15, 0.2) is 31.1 Å². The van der Waals surface area contributed by atoms with E-state index in [9.17, 15) is 4.79 Å². The topological polar surface area (TPSA) is 42.0 Å². The van der Waals surface area contributed by atoms with Gasteiger partial charge in [0.25, 0.3) is 5.91 Å². The van der Waals surface area contributed by atoms with E-state index >= 15 is 0 Å². The molecule has 1 aliphatic carbocycles. The van der Waals surface area contributed by atoms with Gasteiger partial charge >= 0.3 is 0 Å². The van der Waals surface area contributed by atoms with Crippen molar-refractivity contribution in [3.05, 3.63) is 42.4 Å². The average Bonchev–Trinajstić information content (AvgIpc) is 3.11. The monoisotopic (exact) mass is 216 g/mol. The molecule has 1 N–H and O–H groups in total. The number of pyridine rings is 1. The fourth-order valence-corrected chi connectivity index (χ4v) is 1.65. The van der Waals surface area contributed by atoms with E-state index < -0.39 is 0 Å². The second-order valence-corrected chi connectivity index (χ2v) is 4.21. The summed E-state index contributed by atoms with van der Waals surface area (Å²) in [6.07, 6.45) is 8.24. The zero-order valence-corrected chi connectivity index (χ0v) is 9.28. The lowest BCUT2D eigenvalue weighted by Gasteiger charge is -2.02. The van der Waals surface area contributed by atoms with E-state index in [1.54, 1.807) is 12.3 Å². The van der Waals surface area contributed by atoms with E-state index in [-0.39, 0.29) is 5.91 Å². The number of hydrogen-bond acceptors (Lipinski definition) is 2. The van der Waals surface area contributed by atoms with Gasteiger partial charge in [-0.1, -0.05) is 25.5 Å². The highest BCUT2D eigenvalue weighted by Gasteiger charge is 2.20. The lowest BCUT2D eigenvalue weighted by Crippen LogP contribution is -2.17. The first-order chi connectivity index (χ1) is 7.79. The lowest BCUT2D eigenvalue weighted by molar-refractivity contribution is 0.0965. The molecule has 3 heteroatoms. The normalized spacial score (nSPS) is 14.5. The van der Waals surface area contributed by atoms with Gasteiger partial charge in [-0.2, -0.15) is 0 Å². The van der Waals surface area contributed by atoms with Gasteiger partial charge < -0.3 is 5.32 Å². The maximum absolute atomic E-state index is 11.4. The predicted octanol–water partition coefficient (Wildman–Crippen LogP) is 2.30. The Labute approximate surface area is 95.6 Å². The molecule has 1 saturated carbocycles. The average molecular weight is 216 g/mol. The van der Waals surface area contributed by atoms with E-state index in [0.717, 1.165) is 12.3 Å². The van der Waals surface area contributed by atoms with Crippen molar-refractivity contribution in [2.75, 3.05) is 0 Å². The first-order valence-electron chi connectivity index (χ1n) is 5.66. The summed E-state index contributed by atoms with van der Waals surface area (Å²) in [4.78, 5) is 15.5. The van der Waals surface area contributed by atoms with Crippen molar-refractivity contribution in [2.24, 2.45) is 5.92 Å². The van der Waals surface area contributed by atoms with Crippen LogP contribution in [-0.4, -0.2) is 10.9 Å². The quantitative estimate of drug-likeness (QED) is 0.820. The van der Waals surface area contributed by atoms with Gasteiger partial charge in [0.2, 0.25) is 0 Å². The minimum Gasteiger partial charge on any atom is -0.328 e. The van der Waals surface area contributed by atoms with Crippen LogP contribution in [0.2, 0.25) is 0 Å². The van der Waals surface area contributed by atoms with Crippen molar-refractivity contribution in [3.63, 3.8) is 0 Å². The molecule has 3 nitrogen and oxygen atoms in total. The molecule has 0 atom stereocenters. The largest absolute Gasteiger partial charge is 0.328 e. The van der Waals surface area contributed by atoms with Crippen LogP contribution in [0.25, 0.3) is 0 Å². The van der Waals surface area contributed by atoms with Crippen molar-refractivity contribution in [2.45, 2.75) is 25.7 Å². The van der Waals surface area contributed by atoms with Crippen molar-refractivity contribution < 1.29 is 4.79 Å². The molecule has 1 heterocycles. The van der Waals surface area contributed by atoms with Crippen LogP contribution in [0.5, 0.6) is 0 Å². The van der Waals surface area contributed by atoms with Crippen LogP contribution < -0.4 is 5.32 Å². The third kappa shape index (κ3) is 2.92. The predicted molar refractivity (Wildman–Crippen MR) is 62.9 cm³/mol. The lowest BCUT2D eigenvalue weighted by atomic mass is 10.1. The molecule has 0 aliphatic heterocycles. The molecule has 1 aliphatic rings. The summed E-state index contributed by atoms with van der Waals surface area (Å²) in [5.41, 5.74) is 1.65.